The van der Waals surface area contributed by atoms with E-state index in [-0.39, 0.29) is 53.4 Å². The van der Waals surface area contributed by atoms with E-state index in [1.54, 1.807) is 9.80 Å². The van der Waals surface area contributed by atoms with Gasteiger partial charge in [0, 0.05) is 25.6 Å². The number of nitrogens with two attached hydrogens (primary N) is 1. The summed E-state index contributed by atoms with van der Waals surface area (Å²) < 4.78 is 11.6. The monoisotopic (exact) mass is 433 g/mol. The number of hydrogen-bond donors (Lipinski definition) is 1. The lowest BCUT2D eigenvalue weighted by Crippen LogP contribution is -2.59. The van der Waals surface area contributed by atoms with E-state index in [0.29, 0.717) is 25.6 Å². The largest absolute Gasteiger partial charge is 0.446 e. The van der Waals surface area contributed by atoms with Crippen LogP contribution in [-0.2, 0) is 14.3 Å². The fourth-order valence-corrected chi connectivity index (χ4v) is 7.32. The van der Waals surface area contributed by atoms with Crippen LogP contribution in [0.1, 0.15) is 59.3 Å². The fraction of sp³-hybridized carbons (Fsp3) is 0.870. The van der Waals surface area contributed by atoms with Gasteiger partial charge in [-0.15, -0.1) is 0 Å². The number of carbonyl (C=O) groups excluding carboxylic acids is 3. The van der Waals surface area contributed by atoms with Gasteiger partial charge in [0.2, 0.25) is 5.91 Å². The highest BCUT2D eigenvalue weighted by atomic mass is 16.6. The van der Waals surface area contributed by atoms with Crippen molar-refractivity contribution >= 4 is 18.1 Å². The van der Waals surface area contributed by atoms with Gasteiger partial charge in [-0.25, -0.2) is 9.59 Å². The third-order valence-electron chi connectivity index (χ3n) is 8.38. The molecule has 4 bridgehead atoms. The van der Waals surface area contributed by atoms with Gasteiger partial charge in [-0.1, -0.05) is 0 Å². The SMILES string of the molecule is CC(C)(C)OC(=O)N1CCC2CN(C(=O)OC3C4CC5C[C@@H]3CC(C(N)=O)(C5)C4)CC21. The lowest BCUT2D eigenvalue weighted by atomic mass is 9.48. The molecule has 0 aromatic carbocycles. The maximum Gasteiger partial charge on any atom is 0.410 e. The first-order chi connectivity index (χ1) is 14.5. The van der Waals surface area contributed by atoms with E-state index in [1.165, 1.54) is 0 Å². The zero-order valence-electron chi connectivity index (χ0n) is 18.8. The first-order valence-electron chi connectivity index (χ1n) is 11.8. The third-order valence-corrected chi connectivity index (χ3v) is 8.38. The average Bonchev–Trinajstić information content (AvgIpc) is 3.23. The minimum Gasteiger partial charge on any atom is -0.446 e. The quantitative estimate of drug-likeness (QED) is 0.721. The molecule has 4 aliphatic carbocycles. The van der Waals surface area contributed by atoms with Gasteiger partial charge in [0.25, 0.3) is 0 Å². The summed E-state index contributed by atoms with van der Waals surface area (Å²) in [6.07, 6.45) is 4.67. The molecule has 0 spiro atoms. The van der Waals surface area contributed by atoms with E-state index in [4.69, 9.17) is 15.2 Å². The van der Waals surface area contributed by atoms with Gasteiger partial charge in [-0.3, -0.25) is 4.79 Å². The molecule has 8 nitrogen and oxygen atoms in total. The highest BCUT2D eigenvalue weighted by Gasteiger charge is 2.59. The highest BCUT2D eigenvalue weighted by Crippen LogP contribution is 2.60. The average molecular weight is 434 g/mol. The molecular formula is C23H35N3O5. The Morgan fingerprint density at radius 1 is 0.968 bits per heavy atom. The van der Waals surface area contributed by atoms with Gasteiger partial charge in [-0.05, 0) is 77.0 Å². The van der Waals surface area contributed by atoms with E-state index in [0.717, 1.165) is 38.5 Å². The minimum absolute atomic E-state index is 0.000897. The summed E-state index contributed by atoms with van der Waals surface area (Å²) in [6, 6.07) is -0.000897. The number of likely N-dealkylation sites (tertiary alicyclic amines) is 2. The second kappa shape index (κ2) is 7.01. The van der Waals surface area contributed by atoms with Crippen LogP contribution in [0.15, 0.2) is 0 Å². The molecule has 8 heteroatoms. The van der Waals surface area contributed by atoms with Gasteiger partial charge >= 0.3 is 12.2 Å². The van der Waals surface area contributed by atoms with Crippen molar-refractivity contribution in [2.24, 2.45) is 34.8 Å². The second-order valence-corrected chi connectivity index (χ2v) is 11.7. The summed E-state index contributed by atoms with van der Waals surface area (Å²) in [7, 11) is 0. The molecule has 6 fully saturated rings. The number of amides is 3. The molecule has 6 rings (SSSR count). The minimum atomic E-state index is -0.534. The standard InChI is InChI=1S/C23H35N3O5/c1-22(2,3)31-21(29)26-5-4-14-11-25(12-17(14)26)20(28)30-18-15-6-13-7-16(18)10-23(8-13,9-15)19(24)27/h13-18H,4-12H2,1-3H3,(H2,24,27)/t13?,14?,15-,16?,17?,18?,23?/m1/s1. The number of ether oxygens (including phenoxy) is 2. The number of fused-ring (bicyclic) bond motifs is 1. The van der Waals surface area contributed by atoms with E-state index < -0.39 is 5.60 Å². The molecule has 7 atom stereocenters. The van der Waals surface area contributed by atoms with Gasteiger partial charge in [-0.2, -0.15) is 0 Å². The van der Waals surface area contributed by atoms with Gasteiger partial charge in [0.15, 0.2) is 0 Å². The first kappa shape index (κ1) is 20.9. The van der Waals surface area contributed by atoms with Crippen LogP contribution >= 0.6 is 0 Å². The lowest BCUT2D eigenvalue weighted by Gasteiger charge is -2.58. The number of primary amides is 1. The summed E-state index contributed by atoms with van der Waals surface area (Å²) in [5, 5.41) is 0. The van der Waals surface area contributed by atoms with Crippen molar-refractivity contribution in [3.8, 4) is 0 Å². The van der Waals surface area contributed by atoms with Crippen LogP contribution in [0, 0.1) is 29.1 Å². The predicted octanol–water partition coefficient (Wildman–Crippen LogP) is 2.74. The predicted molar refractivity (Wildman–Crippen MR) is 112 cm³/mol. The number of rotatable bonds is 2. The molecule has 2 heterocycles. The maximum absolute atomic E-state index is 13.1. The summed E-state index contributed by atoms with van der Waals surface area (Å²) >= 11 is 0. The lowest BCUT2D eigenvalue weighted by molar-refractivity contribution is -0.161. The van der Waals surface area contributed by atoms with E-state index in [2.05, 4.69) is 0 Å². The molecule has 0 radical (unpaired) electrons. The number of nitrogens with zero attached hydrogens (tertiary/aromatic N) is 2. The molecule has 31 heavy (non-hydrogen) atoms. The smallest absolute Gasteiger partial charge is 0.410 e. The molecule has 3 amide bonds. The Hall–Kier alpha value is -1.99. The summed E-state index contributed by atoms with van der Waals surface area (Å²) in [6.45, 7) is 7.40. The van der Waals surface area contributed by atoms with Crippen LogP contribution in [0.5, 0.6) is 0 Å². The molecule has 6 unspecified atom stereocenters. The van der Waals surface area contributed by atoms with Crippen LogP contribution in [0.2, 0.25) is 0 Å². The fourth-order valence-electron chi connectivity index (χ4n) is 7.32. The third kappa shape index (κ3) is 3.55. The molecule has 0 aromatic heterocycles. The molecule has 2 aliphatic heterocycles. The molecule has 2 saturated heterocycles. The zero-order valence-corrected chi connectivity index (χ0v) is 18.8. The van der Waals surface area contributed by atoms with Crippen molar-refractivity contribution in [2.45, 2.75) is 77.0 Å². The Labute approximate surface area is 183 Å². The van der Waals surface area contributed by atoms with Crippen LogP contribution in [-0.4, -0.2) is 65.3 Å². The Morgan fingerprint density at radius 2 is 1.65 bits per heavy atom. The summed E-state index contributed by atoms with van der Waals surface area (Å²) in [4.78, 5) is 41.3. The van der Waals surface area contributed by atoms with Crippen molar-refractivity contribution in [1.29, 1.82) is 0 Å². The van der Waals surface area contributed by atoms with Crippen LogP contribution < -0.4 is 5.73 Å². The number of hydrogen-bond acceptors (Lipinski definition) is 5. The summed E-state index contributed by atoms with van der Waals surface area (Å²) in [5.41, 5.74) is 4.86. The van der Waals surface area contributed by atoms with E-state index in [1.807, 2.05) is 20.8 Å². The van der Waals surface area contributed by atoms with Crippen LogP contribution in [0.3, 0.4) is 0 Å². The van der Waals surface area contributed by atoms with Gasteiger partial charge in [0.1, 0.15) is 11.7 Å². The van der Waals surface area contributed by atoms with Crippen LogP contribution in [0.25, 0.3) is 0 Å². The van der Waals surface area contributed by atoms with Crippen molar-refractivity contribution < 1.29 is 23.9 Å². The molecular weight excluding hydrogens is 398 g/mol. The normalized spacial score (nSPS) is 40.7. The maximum atomic E-state index is 13.1. The van der Waals surface area contributed by atoms with Gasteiger partial charge in [0.05, 0.1) is 11.5 Å². The Bertz CT molecular complexity index is 777. The van der Waals surface area contributed by atoms with E-state index >= 15 is 0 Å². The Morgan fingerprint density at radius 3 is 2.26 bits per heavy atom. The van der Waals surface area contributed by atoms with E-state index in [9.17, 15) is 14.4 Å². The Kier molecular flexibility index (Phi) is 4.72. The molecule has 172 valence electrons. The van der Waals surface area contributed by atoms with Crippen molar-refractivity contribution in [2.75, 3.05) is 19.6 Å². The van der Waals surface area contributed by atoms with Crippen molar-refractivity contribution in [3.63, 3.8) is 0 Å². The Balaban J connectivity index is 1.21. The topological polar surface area (TPSA) is 102 Å². The highest BCUT2D eigenvalue weighted by molar-refractivity contribution is 5.81. The van der Waals surface area contributed by atoms with Gasteiger partial charge < -0.3 is 25.0 Å². The molecule has 0 aromatic rings. The first-order valence-corrected chi connectivity index (χ1v) is 11.8. The second-order valence-electron chi connectivity index (χ2n) is 11.7. The van der Waals surface area contributed by atoms with Crippen LogP contribution in [0.4, 0.5) is 9.59 Å². The van der Waals surface area contributed by atoms with Crippen molar-refractivity contribution in [1.82, 2.24) is 9.80 Å². The molecule has 6 aliphatic rings. The van der Waals surface area contributed by atoms with Crippen molar-refractivity contribution in [3.05, 3.63) is 0 Å². The summed E-state index contributed by atoms with van der Waals surface area (Å²) in [5.74, 6) is 1.11. The number of carbonyl (C=O) groups is 3. The molecule has 2 N–H and O–H groups in total. The zero-order chi connectivity index (χ0) is 22.1. The molecule has 4 saturated carbocycles.